The van der Waals surface area contributed by atoms with Crippen molar-refractivity contribution < 1.29 is 10.2 Å². The first kappa shape index (κ1) is 11.8. The number of hydrogen-bond acceptors (Lipinski definition) is 5. The maximum atomic E-state index is 9.41. The van der Waals surface area contributed by atoms with Crippen LogP contribution in [0, 0.1) is 6.92 Å². The van der Waals surface area contributed by atoms with E-state index in [9.17, 15) is 10.2 Å². The molecule has 2 nitrogen and oxygen atoms in total. The summed E-state index contributed by atoms with van der Waals surface area (Å²) in [6, 6.07) is 7.84. The van der Waals surface area contributed by atoms with Crippen LogP contribution in [0.2, 0.25) is 0 Å². The molecule has 3 heterocycles. The summed E-state index contributed by atoms with van der Waals surface area (Å²) in [7, 11) is 0. The molecule has 92 valence electrons. The molecule has 0 saturated heterocycles. The van der Waals surface area contributed by atoms with Gasteiger partial charge in [-0.15, -0.1) is 22.7 Å². The molecule has 3 rings (SSSR count). The molecule has 0 aliphatic heterocycles. The topological polar surface area (TPSA) is 40.5 Å². The van der Waals surface area contributed by atoms with Crippen LogP contribution in [0.1, 0.15) is 5.56 Å². The number of aryl methyl sites for hydroxylation is 1. The lowest BCUT2D eigenvalue weighted by molar-refractivity contribution is 0.415. The van der Waals surface area contributed by atoms with Gasteiger partial charge in [-0.25, -0.2) is 0 Å². The van der Waals surface area contributed by atoms with Crippen molar-refractivity contribution in [1.29, 1.82) is 0 Å². The Morgan fingerprint density at radius 3 is 2.33 bits per heavy atom. The summed E-state index contributed by atoms with van der Waals surface area (Å²) in [5, 5.41) is 20.9. The lowest BCUT2D eigenvalue weighted by Gasteiger charge is -1.93. The molecule has 0 fully saturated rings. The average Bonchev–Trinajstić information content (AvgIpc) is 3.00. The molecule has 0 atom stereocenters. The van der Waals surface area contributed by atoms with Gasteiger partial charge in [0, 0.05) is 20.7 Å². The van der Waals surface area contributed by atoms with Gasteiger partial charge in [-0.05, 0) is 36.1 Å². The van der Waals surface area contributed by atoms with Gasteiger partial charge in [0.2, 0.25) is 5.06 Å². The Labute approximate surface area is 116 Å². The minimum Gasteiger partial charge on any atom is -0.504 e. The molecular weight excluding hydrogens is 284 g/mol. The standard InChI is InChI=1S/C13H10O2S3/c1-7-4-5-16-12(7)10-3-2-9(17-10)11-6-8(14)13(15)18-11/h2-6,14-15H,1H3. The van der Waals surface area contributed by atoms with Gasteiger partial charge in [-0.3, -0.25) is 0 Å². The van der Waals surface area contributed by atoms with Crippen molar-refractivity contribution in [2.24, 2.45) is 0 Å². The molecule has 0 saturated carbocycles. The smallest absolute Gasteiger partial charge is 0.214 e. The SMILES string of the molecule is Cc1ccsc1-c1ccc(-c2cc(O)c(O)s2)s1. The van der Waals surface area contributed by atoms with Gasteiger partial charge in [0.15, 0.2) is 5.75 Å². The molecule has 2 N–H and O–H groups in total. The summed E-state index contributed by atoms with van der Waals surface area (Å²) >= 11 is 4.61. The Hall–Kier alpha value is -1.30. The highest BCUT2D eigenvalue weighted by molar-refractivity contribution is 7.26. The molecule has 18 heavy (non-hydrogen) atoms. The molecule has 3 aromatic rings. The molecule has 3 aromatic heterocycles. The Kier molecular flexibility index (Phi) is 2.89. The fraction of sp³-hybridized carbons (Fsp3) is 0.0769. The summed E-state index contributed by atoms with van der Waals surface area (Å²) in [6.07, 6.45) is 0. The molecule has 0 unspecified atom stereocenters. The highest BCUT2D eigenvalue weighted by Crippen LogP contribution is 2.45. The van der Waals surface area contributed by atoms with Gasteiger partial charge in [0.1, 0.15) is 0 Å². The highest BCUT2D eigenvalue weighted by Gasteiger charge is 2.12. The van der Waals surface area contributed by atoms with E-state index in [1.807, 2.05) is 6.07 Å². The third kappa shape index (κ3) is 1.94. The number of rotatable bonds is 2. The lowest BCUT2D eigenvalue weighted by atomic mass is 10.2. The molecule has 0 aliphatic rings. The van der Waals surface area contributed by atoms with Crippen LogP contribution >= 0.6 is 34.0 Å². The van der Waals surface area contributed by atoms with Crippen LogP contribution in [-0.2, 0) is 0 Å². The van der Waals surface area contributed by atoms with E-state index in [0.717, 1.165) is 9.75 Å². The maximum absolute atomic E-state index is 9.41. The maximum Gasteiger partial charge on any atom is 0.214 e. The zero-order valence-electron chi connectivity index (χ0n) is 9.51. The van der Waals surface area contributed by atoms with Crippen molar-refractivity contribution >= 4 is 34.0 Å². The quantitative estimate of drug-likeness (QED) is 0.704. The minimum absolute atomic E-state index is 0.0211. The fourth-order valence-corrected chi connectivity index (χ4v) is 4.71. The van der Waals surface area contributed by atoms with E-state index in [4.69, 9.17) is 0 Å². The monoisotopic (exact) mass is 294 g/mol. The van der Waals surface area contributed by atoms with Crippen molar-refractivity contribution in [1.82, 2.24) is 0 Å². The van der Waals surface area contributed by atoms with Gasteiger partial charge in [0.25, 0.3) is 0 Å². The van der Waals surface area contributed by atoms with E-state index in [-0.39, 0.29) is 10.8 Å². The minimum atomic E-state index is -0.0442. The first-order valence-electron chi connectivity index (χ1n) is 5.31. The van der Waals surface area contributed by atoms with Gasteiger partial charge >= 0.3 is 0 Å². The third-order valence-electron chi connectivity index (χ3n) is 2.63. The molecular formula is C13H10O2S3. The molecule has 0 amide bonds. The normalized spacial score (nSPS) is 10.9. The molecule has 0 aromatic carbocycles. The van der Waals surface area contributed by atoms with Crippen molar-refractivity contribution in [2.45, 2.75) is 6.92 Å². The van der Waals surface area contributed by atoms with Gasteiger partial charge in [0.05, 0.1) is 4.88 Å². The Bertz CT molecular complexity index is 671. The van der Waals surface area contributed by atoms with Crippen LogP contribution in [0.5, 0.6) is 10.8 Å². The van der Waals surface area contributed by atoms with E-state index in [1.54, 1.807) is 28.7 Å². The zero-order valence-corrected chi connectivity index (χ0v) is 12.0. The second-order valence-electron chi connectivity index (χ2n) is 3.90. The number of thiophene rings is 3. The van der Waals surface area contributed by atoms with E-state index in [2.05, 4.69) is 24.4 Å². The van der Waals surface area contributed by atoms with E-state index >= 15 is 0 Å². The molecule has 0 spiro atoms. The van der Waals surface area contributed by atoms with Crippen LogP contribution in [0.25, 0.3) is 19.5 Å². The molecule has 5 heteroatoms. The Morgan fingerprint density at radius 2 is 1.72 bits per heavy atom. The van der Waals surface area contributed by atoms with Crippen LogP contribution < -0.4 is 0 Å². The molecule has 0 radical (unpaired) electrons. The largest absolute Gasteiger partial charge is 0.504 e. The first-order chi connectivity index (χ1) is 8.65. The van der Waals surface area contributed by atoms with Crippen molar-refractivity contribution in [3.63, 3.8) is 0 Å². The molecule has 0 aliphatic carbocycles. The van der Waals surface area contributed by atoms with Crippen LogP contribution in [-0.4, -0.2) is 10.2 Å². The molecule has 0 bridgehead atoms. The number of hydrogen-bond donors (Lipinski definition) is 2. The zero-order chi connectivity index (χ0) is 12.7. The van der Waals surface area contributed by atoms with Crippen molar-refractivity contribution in [2.75, 3.05) is 0 Å². The van der Waals surface area contributed by atoms with Crippen LogP contribution in [0.4, 0.5) is 0 Å². The lowest BCUT2D eigenvalue weighted by Crippen LogP contribution is -1.66. The predicted octanol–water partition coefficient (Wildman–Crippen LogP) is 4.92. The Balaban J connectivity index is 2.02. The van der Waals surface area contributed by atoms with Gasteiger partial charge in [-0.1, -0.05) is 11.3 Å². The second-order valence-corrected chi connectivity index (χ2v) is 6.93. The number of aromatic hydroxyl groups is 2. The fourth-order valence-electron chi connectivity index (χ4n) is 1.71. The summed E-state index contributed by atoms with van der Waals surface area (Å²) < 4.78 is 0. The summed E-state index contributed by atoms with van der Waals surface area (Å²) in [6.45, 7) is 2.11. The van der Waals surface area contributed by atoms with Crippen LogP contribution in [0.15, 0.2) is 29.6 Å². The van der Waals surface area contributed by atoms with E-state index in [1.165, 1.54) is 26.7 Å². The Morgan fingerprint density at radius 1 is 0.944 bits per heavy atom. The van der Waals surface area contributed by atoms with Gasteiger partial charge in [-0.2, -0.15) is 0 Å². The predicted molar refractivity (Wildman–Crippen MR) is 79.0 cm³/mol. The third-order valence-corrected chi connectivity index (χ3v) is 6.03. The first-order valence-corrected chi connectivity index (χ1v) is 7.83. The van der Waals surface area contributed by atoms with E-state index < -0.39 is 0 Å². The van der Waals surface area contributed by atoms with E-state index in [0.29, 0.717) is 0 Å². The van der Waals surface area contributed by atoms with Crippen molar-refractivity contribution in [3.8, 4) is 30.3 Å². The summed E-state index contributed by atoms with van der Waals surface area (Å²) in [4.78, 5) is 4.48. The average molecular weight is 294 g/mol. The summed E-state index contributed by atoms with van der Waals surface area (Å²) in [5.41, 5.74) is 1.28. The van der Waals surface area contributed by atoms with Crippen molar-refractivity contribution in [3.05, 3.63) is 35.2 Å². The van der Waals surface area contributed by atoms with Gasteiger partial charge < -0.3 is 10.2 Å². The second kappa shape index (κ2) is 4.42. The van der Waals surface area contributed by atoms with Crippen LogP contribution in [0.3, 0.4) is 0 Å². The summed E-state index contributed by atoms with van der Waals surface area (Å²) in [5.74, 6) is -0.0442. The highest BCUT2D eigenvalue weighted by atomic mass is 32.1.